The van der Waals surface area contributed by atoms with Gasteiger partial charge in [0.25, 0.3) is 0 Å². The van der Waals surface area contributed by atoms with Crippen molar-refractivity contribution in [2.75, 3.05) is 12.0 Å². The third-order valence-electron chi connectivity index (χ3n) is 5.04. The second-order valence-corrected chi connectivity index (χ2v) is 8.97. The fraction of sp³-hybridized carbons (Fsp3) is 0.750. The van der Waals surface area contributed by atoms with Crippen LogP contribution in [0.5, 0.6) is 0 Å². The Bertz CT molecular complexity index is 674. The molecule has 0 rings (SSSR count). The lowest BCUT2D eigenvalue weighted by Gasteiger charge is -2.27. The number of nitrogens with one attached hydrogen (secondary N) is 3. The summed E-state index contributed by atoms with van der Waals surface area (Å²) < 4.78 is 0. The molecule has 3 amide bonds. The van der Waals surface area contributed by atoms with Crippen molar-refractivity contribution in [1.29, 1.82) is 0 Å². The van der Waals surface area contributed by atoms with E-state index in [9.17, 15) is 29.1 Å². The van der Waals surface area contributed by atoms with E-state index >= 15 is 0 Å². The van der Waals surface area contributed by atoms with Crippen LogP contribution < -0.4 is 21.7 Å². The number of hydrogen-bond acceptors (Lipinski definition) is 7. The predicted octanol–water partition coefficient (Wildman–Crippen LogP) is -0.217. The molecule has 0 radical (unpaired) electrons. The van der Waals surface area contributed by atoms with E-state index < -0.39 is 60.2 Å². The summed E-state index contributed by atoms with van der Waals surface area (Å²) in [6, 6.07) is -4.64. The lowest BCUT2D eigenvalue weighted by molar-refractivity contribution is -0.143. The first-order chi connectivity index (χ1) is 14.8. The fourth-order valence-electron chi connectivity index (χ4n) is 2.71. The molecule has 0 spiro atoms. The summed E-state index contributed by atoms with van der Waals surface area (Å²) in [5, 5.41) is 25.6. The molecule has 0 aliphatic heterocycles. The maximum absolute atomic E-state index is 12.8. The Morgan fingerprint density at radius 3 is 1.91 bits per heavy atom. The molecule has 0 aromatic heterocycles. The van der Waals surface area contributed by atoms with E-state index in [2.05, 4.69) is 16.0 Å². The van der Waals surface area contributed by atoms with Gasteiger partial charge in [-0.1, -0.05) is 34.1 Å². The molecule has 0 aromatic rings. The zero-order chi connectivity index (χ0) is 25.0. The van der Waals surface area contributed by atoms with Crippen molar-refractivity contribution in [3.05, 3.63) is 0 Å². The Hall–Kier alpha value is -2.34. The number of carbonyl (C=O) groups is 5. The fourth-order valence-corrected chi connectivity index (χ4v) is 3.18. The van der Waals surface area contributed by atoms with Gasteiger partial charge in [-0.15, -0.1) is 0 Å². The monoisotopic (exact) mass is 476 g/mol. The van der Waals surface area contributed by atoms with Crippen molar-refractivity contribution >= 4 is 41.4 Å². The third kappa shape index (κ3) is 10.3. The summed E-state index contributed by atoms with van der Waals surface area (Å²) in [6.45, 7) is 7.03. The van der Waals surface area contributed by atoms with Gasteiger partial charge in [0.1, 0.15) is 18.1 Å². The van der Waals surface area contributed by atoms with E-state index in [1.165, 1.54) is 11.8 Å². The van der Waals surface area contributed by atoms with E-state index in [-0.39, 0.29) is 18.3 Å². The van der Waals surface area contributed by atoms with Crippen LogP contribution in [0.1, 0.15) is 47.0 Å². The first-order valence-electron chi connectivity index (χ1n) is 10.5. The van der Waals surface area contributed by atoms with Crippen molar-refractivity contribution in [3.8, 4) is 0 Å². The van der Waals surface area contributed by atoms with Gasteiger partial charge in [0.15, 0.2) is 0 Å². The van der Waals surface area contributed by atoms with Gasteiger partial charge in [0, 0.05) is 0 Å². The van der Waals surface area contributed by atoms with Gasteiger partial charge in [-0.3, -0.25) is 19.2 Å². The molecule has 0 aromatic carbocycles. The minimum atomic E-state index is -1.52. The van der Waals surface area contributed by atoms with Crippen LogP contribution in [0.2, 0.25) is 0 Å². The summed E-state index contributed by atoms with van der Waals surface area (Å²) in [5.74, 6) is -4.89. The highest BCUT2D eigenvalue weighted by atomic mass is 32.2. The van der Waals surface area contributed by atoms with Crippen LogP contribution in [0.15, 0.2) is 0 Å². The number of carboxylic acids is 2. The van der Waals surface area contributed by atoms with Crippen LogP contribution >= 0.6 is 11.8 Å². The first kappa shape index (κ1) is 29.7. The normalized spacial score (nSPS) is 15.7. The van der Waals surface area contributed by atoms with Crippen LogP contribution in [-0.4, -0.2) is 76.0 Å². The largest absolute Gasteiger partial charge is 0.481 e. The highest BCUT2D eigenvalue weighted by molar-refractivity contribution is 7.98. The molecular formula is C20H36N4O7S. The quantitative estimate of drug-likeness (QED) is 0.186. The average Bonchev–Trinajstić information content (AvgIpc) is 2.71. The third-order valence-corrected chi connectivity index (χ3v) is 5.69. The van der Waals surface area contributed by atoms with Crippen molar-refractivity contribution in [3.63, 3.8) is 0 Å². The SMILES string of the molecule is CCC(C)C(N)C(=O)NC(C(=O)NC(CC(=O)O)C(=O)NC(CCSC)C(=O)O)C(C)C. The molecule has 12 heteroatoms. The molecule has 184 valence electrons. The lowest BCUT2D eigenvalue weighted by Crippen LogP contribution is -2.59. The Labute approximate surface area is 192 Å². The van der Waals surface area contributed by atoms with Crippen molar-refractivity contribution in [2.24, 2.45) is 17.6 Å². The molecular weight excluding hydrogens is 440 g/mol. The van der Waals surface area contributed by atoms with E-state index in [4.69, 9.17) is 10.8 Å². The number of carboxylic acid groups (broad SMARTS) is 2. The lowest BCUT2D eigenvalue weighted by atomic mass is 9.97. The second-order valence-electron chi connectivity index (χ2n) is 7.98. The summed E-state index contributed by atoms with van der Waals surface area (Å²) in [6.07, 6.45) is 1.82. The molecule has 0 saturated heterocycles. The van der Waals surface area contributed by atoms with Crippen molar-refractivity contribution < 1.29 is 34.2 Å². The van der Waals surface area contributed by atoms with Crippen LogP contribution in [-0.2, 0) is 24.0 Å². The van der Waals surface area contributed by atoms with Crippen molar-refractivity contribution in [1.82, 2.24) is 16.0 Å². The Kier molecular flexibility index (Phi) is 13.6. The molecule has 32 heavy (non-hydrogen) atoms. The molecule has 7 N–H and O–H groups in total. The number of rotatable bonds is 15. The molecule has 0 saturated carbocycles. The van der Waals surface area contributed by atoms with Crippen LogP contribution in [0.3, 0.4) is 0 Å². The van der Waals surface area contributed by atoms with Crippen LogP contribution in [0.25, 0.3) is 0 Å². The molecule has 0 aliphatic rings. The minimum absolute atomic E-state index is 0.120. The van der Waals surface area contributed by atoms with Gasteiger partial charge in [0.2, 0.25) is 17.7 Å². The topological polar surface area (TPSA) is 188 Å². The van der Waals surface area contributed by atoms with E-state index in [0.29, 0.717) is 12.2 Å². The predicted molar refractivity (Wildman–Crippen MR) is 121 cm³/mol. The zero-order valence-corrected chi connectivity index (χ0v) is 20.0. The van der Waals surface area contributed by atoms with Gasteiger partial charge in [-0.05, 0) is 30.3 Å². The van der Waals surface area contributed by atoms with Crippen molar-refractivity contribution in [2.45, 2.75) is 71.1 Å². The smallest absolute Gasteiger partial charge is 0.326 e. The number of aliphatic carboxylic acids is 2. The van der Waals surface area contributed by atoms with E-state index in [1.807, 2.05) is 6.92 Å². The minimum Gasteiger partial charge on any atom is -0.481 e. The number of nitrogens with two attached hydrogens (primary N) is 1. The molecule has 0 aliphatic carbocycles. The van der Waals surface area contributed by atoms with Gasteiger partial charge >= 0.3 is 11.9 Å². The number of hydrogen-bond donors (Lipinski definition) is 6. The first-order valence-corrected chi connectivity index (χ1v) is 11.8. The van der Waals surface area contributed by atoms with Gasteiger partial charge in [0.05, 0.1) is 12.5 Å². The van der Waals surface area contributed by atoms with Gasteiger partial charge in [-0.25, -0.2) is 4.79 Å². The van der Waals surface area contributed by atoms with E-state index in [0.717, 1.165) is 0 Å². The van der Waals surface area contributed by atoms with Gasteiger partial charge < -0.3 is 31.9 Å². The molecule has 0 heterocycles. The molecule has 0 fully saturated rings. The number of carbonyl (C=O) groups excluding carboxylic acids is 3. The average molecular weight is 477 g/mol. The van der Waals surface area contributed by atoms with E-state index in [1.54, 1.807) is 27.0 Å². The second kappa shape index (κ2) is 14.7. The molecule has 5 unspecified atom stereocenters. The highest BCUT2D eigenvalue weighted by Crippen LogP contribution is 2.09. The highest BCUT2D eigenvalue weighted by Gasteiger charge is 2.33. The summed E-state index contributed by atoms with van der Waals surface area (Å²) in [5.41, 5.74) is 5.92. The molecule has 5 atom stereocenters. The maximum Gasteiger partial charge on any atom is 0.326 e. The number of thioether (sulfide) groups is 1. The Balaban J connectivity index is 5.44. The Morgan fingerprint density at radius 2 is 1.47 bits per heavy atom. The van der Waals surface area contributed by atoms with Gasteiger partial charge in [-0.2, -0.15) is 11.8 Å². The molecule has 11 nitrogen and oxygen atoms in total. The summed E-state index contributed by atoms with van der Waals surface area (Å²) in [4.78, 5) is 60.4. The summed E-state index contributed by atoms with van der Waals surface area (Å²) >= 11 is 1.39. The summed E-state index contributed by atoms with van der Waals surface area (Å²) in [7, 11) is 0. The van der Waals surface area contributed by atoms with Crippen LogP contribution in [0.4, 0.5) is 0 Å². The maximum atomic E-state index is 12.8. The molecule has 0 bridgehead atoms. The Morgan fingerprint density at radius 1 is 0.906 bits per heavy atom. The van der Waals surface area contributed by atoms with Crippen LogP contribution in [0, 0.1) is 11.8 Å². The number of amides is 3. The zero-order valence-electron chi connectivity index (χ0n) is 19.2. The standard InChI is InChI=1S/C20H36N4O7S/c1-6-11(4)15(21)18(28)24-16(10(2)3)19(29)23-13(9-14(25)26)17(27)22-12(20(30)31)7-8-32-5/h10-13,15-16H,6-9,21H2,1-5H3,(H,22,27)(H,23,29)(H,24,28)(H,25,26)(H,30,31).